The summed E-state index contributed by atoms with van der Waals surface area (Å²) in [5.41, 5.74) is 5.35. The van der Waals surface area contributed by atoms with Crippen LogP contribution in [0.25, 0.3) is 0 Å². The van der Waals surface area contributed by atoms with Crippen LogP contribution in [0.15, 0.2) is 24.3 Å². The summed E-state index contributed by atoms with van der Waals surface area (Å²) in [6.45, 7) is 3.87. The summed E-state index contributed by atoms with van der Waals surface area (Å²) in [6.07, 6.45) is 42.2. The Bertz CT molecular complexity index is 961. The fraction of sp³-hybridized carbons (Fsp3) is 0.860. The fourth-order valence-electron chi connectivity index (χ4n) is 6.05. The molecule has 0 bridgehead atoms. The molecule has 4 N–H and O–H groups in total. The number of allylic oxidation sites excluding steroid dienone is 4. The smallest absolute Gasteiger partial charge is 0.472 e. The van der Waals surface area contributed by atoms with Crippen LogP contribution in [0.2, 0.25) is 0 Å². The highest BCUT2D eigenvalue weighted by molar-refractivity contribution is 7.47. The molecule has 3 unspecified atom stereocenters. The molecule has 0 aliphatic carbocycles. The van der Waals surface area contributed by atoms with Gasteiger partial charge in [0.15, 0.2) is 0 Å². The Kier molecular flexibility index (Phi) is 38.5. The first-order chi connectivity index (χ1) is 26.2. The Morgan fingerprint density at radius 1 is 0.593 bits per heavy atom. The van der Waals surface area contributed by atoms with Crippen LogP contribution in [0, 0.1) is 0 Å². The number of aliphatic carboxylic acids is 1. The maximum atomic E-state index is 12.6. The van der Waals surface area contributed by atoms with Crippen LogP contribution in [0.3, 0.4) is 0 Å². The normalized spacial score (nSPS) is 14.1. The molecule has 0 aromatic rings. The van der Waals surface area contributed by atoms with Gasteiger partial charge in [0.2, 0.25) is 0 Å². The lowest BCUT2D eigenvalue weighted by atomic mass is 10.0. The maximum Gasteiger partial charge on any atom is 0.472 e. The number of esters is 1. The van der Waals surface area contributed by atoms with Crippen molar-refractivity contribution in [2.45, 2.75) is 212 Å². The monoisotopic (exact) mass is 788 g/mol. The number of hydrogen-bond donors (Lipinski definition) is 3. The minimum absolute atomic E-state index is 0.0166. The molecule has 0 amide bonds. The molecule has 0 rings (SSSR count). The first-order valence-electron chi connectivity index (χ1n) is 21.9. The van der Waals surface area contributed by atoms with Crippen molar-refractivity contribution >= 4 is 19.8 Å². The van der Waals surface area contributed by atoms with Crippen molar-refractivity contribution in [2.75, 3.05) is 26.4 Å². The average molecular weight is 788 g/mol. The van der Waals surface area contributed by atoms with E-state index in [1.54, 1.807) is 0 Å². The molecule has 0 saturated heterocycles. The molecule has 10 nitrogen and oxygen atoms in total. The van der Waals surface area contributed by atoms with E-state index in [2.05, 4.69) is 38.2 Å². The average Bonchev–Trinajstić information content (AvgIpc) is 3.15. The maximum absolute atomic E-state index is 12.6. The van der Waals surface area contributed by atoms with Gasteiger partial charge in [-0.3, -0.25) is 18.6 Å². The van der Waals surface area contributed by atoms with E-state index in [0.29, 0.717) is 13.0 Å². The summed E-state index contributed by atoms with van der Waals surface area (Å²) in [4.78, 5) is 33.5. The molecule has 0 radical (unpaired) electrons. The lowest BCUT2D eigenvalue weighted by Crippen LogP contribution is -2.34. The second-order valence-corrected chi connectivity index (χ2v) is 16.3. The van der Waals surface area contributed by atoms with Crippen LogP contribution < -0.4 is 5.73 Å². The number of phosphoric acid groups is 1. The highest BCUT2D eigenvalue weighted by Gasteiger charge is 2.27. The summed E-state index contributed by atoms with van der Waals surface area (Å²) in [5.74, 6) is -1.78. The molecule has 0 spiro atoms. The Morgan fingerprint density at radius 3 is 1.52 bits per heavy atom. The number of carbonyl (C=O) groups is 2. The molecule has 0 heterocycles. The molecule has 0 fully saturated rings. The Labute approximate surface area is 330 Å². The van der Waals surface area contributed by atoms with E-state index in [1.165, 1.54) is 128 Å². The van der Waals surface area contributed by atoms with Gasteiger partial charge in [-0.25, -0.2) is 4.57 Å². The molecule has 0 saturated carbocycles. The van der Waals surface area contributed by atoms with E-state index >= 15 is 0 Å². The third-order valence-electron chi connectivity index (χ3n) is 9.48. The summed E-state index contributed by atoms with van der Waals surface area (Å²) in [5, 5.41) is 8.89. The Morgan fingerprint density at radius 2 is 1.02 bits per heavy atom. The van der Waals surface area contributed by atoms with Crippen molar-refractivity contribution in [1.82, 2.24) is 0 Å². The quantitative estimate of drug-likeness (QED) is 0.0236. The molecule has 318 valence electrons. The van der Waals surface area contributed by atoms with Gasteiger partial charge in [0.25, 0.3) is 0 Å². The lowest BCUT2D eigenvalue weighted by Gasteiger charge is -2.20. The minimum atomic E-state index is -4.61. The van der Waals surface area contributed by atoms with Crippen LogP contribution in [0.5, 0.6) is 0 Å². The topological polar surface area (TPSA) is 155 Å². The van der Waals surface area contributed by atoms with Crippen LogP contribution in [0.4, 0.5) is 0 Å². The zero-order chi connectivity index (χ0) is 39.8. The molecule has 0 aliphatic heterocycles. The van der Waals surface area contributed by atoms with Crippen molar-refractivity contribution in [3.63, 3.8) is 0 Å². The van der Waals surface area contributed by atoms with E-state index < -0.39 is 45.1 Å². The van der Waals surface area contributed by atoms with E-state index in [0.717, 1.165) is 44.9 Å². The second kappa shape index (κ2) is 39.7. The third kappa shape index (κ3) is 38.7. The van der Waals surface area contributed by atoms with Crippen LogP contribution in [-0.4, -0.2) is 60.5 Å². The highest BCUT2D eigenvalue weighted by atomic mass is 31.2. The number of carboxylic acids is 1. The predicted molar refractivity (Wildman–Crippen MR) is 222 cm³/mol. The molecular formula is C43H82NO9P. The van der Waals surface area contributed by atoms with Crippen LogP contribution >= 0.6 is 7.82 Å². The Balaban J connectivity index is 4.20. The molecular weight excluding hydrogens is 705 g/mol. The van der Waals surface area contributed by atoms with Crippen molar-refractivity contribution in [2.24, 2.45) is 5.73 Å². The van der Waals surface area contributed by atoms with Crippen molar-refractivity contribution in [1.29, 1.82) is 0 Å². The molecule has 0 aromatic carbocycles. The van der Waals surface area contributed by atoms with Crippen LogP contribution in [0.1, 0.15) is 200 Å². The fourth-order valence-corrected chi connectivity index (χ4v) is 6.82. The van der Waals surface area contributed by atoms with E-state index in [4.69, 9.17) is 29.4 Å². The number of rotatable bonds is 42. The van der Waals surface area contributed by atoms with Crippen LogP contribution in [-0.2, 0) is 32.7 Å². The SMILES string of the molecule is CCCCCC/C=C\C/C=C\CCCCCCCCCCOCC(COP(=O)(O)OCC(N)C(=O)O)OC(=O)CCCCCCCCCCCCCCC. The second-order valence-electron chi connectivity index (χ2n) is 14.8. The summed E-state index contributed by atoms with van der Waals surface area (Å²) >= 11 is 0. The summed E-state index contributed by atoms with van der Waals surface area (Å²) < 4.78 is 33.3. The van der Waals surface area contributed by atoms with Gasteiger partial charge in [-0.15, -0.1) is 0 Å². The zero-order valence-corrected chi connectivity index (χ0v) is 35.5. The predicted octanol–water partition coefficient (Wildman–Crippen LogP) is 11.9. The first-order valence-corrected chi connectivity index (χ1v) is 23.4. The molecule has 0 aliphatic rings. The molecule has 3 atom stereocenters. The van der Waals surface area contributed by atoms with E-state index in [-0.39, 0.29) is 13.0 Å². The van der Waals surface area contributed by atoms with Crippen molar-refractivity contribution in [3.8, 4) is 0 Å². The van der Waals surface area contributed by atoms with Gasteiger partial charge in [-0.1, -0.05) is 173 Å². The zero-order valence-electron chi connectivity index (χ0n) is 34.6. The largest absolute Gasteiger partial charge is 0.480 e. The van der Waals surface area contributed by atoms with Gasteiger partial charge in [0.1, 0.15) is 12.1 Å². The highest BCUT2D eigenvalue weighted by Crippen LogP contribution is 2.43. The number of carboxylic acid groups (broad SMARTS) is 1. The van der Waals surface area contributed by atoms with Crippen molar-refractivity contribution in [3.05, 3.63) is 24.3 Å². The summed E-state index contributed by atoms with van der Waals surface area (Å²) in [7, 11) is -4.61. The number of carbonyl (C=O) groups excluding carboxylic acids is 1. The van der Waals surface area contributed by atoms with Gasteiger partial charge in [0, 0.05) is 13.0 Å². The van der Waals surface area contributed by atoms with Crippen molar-refractivity contribution < 1.29 is 42.7 Å². The standard InChI is InChI=1S/C43H82NO9P/c1-3-5-7-9-11-13-15-17-18-19-20-21-22-24-26-28-30-32-34-36-50-37-40(38-51-54(48,49)52-39-41(44)43(46)47)53-42(45)35-33-31-29-27-25-23-16-14-12-10-8-6-4-2/h13,15,18-19,40-41H,3-12,14,16-17,20-39,44H2,1-2H3,(H,46,47)(H,48,49)/b15-13-,19-18-. The number of ether oxygens (including phenoxy) is 2. The van der Waals surface area contributed by atoms with Gasteiger partial charge in [-0.2, -0.15) is 0 Å². The van der Waals surface area contributed by atoms with Gasteiger partial charge in [0.05, 0.1) is 19.8 Å². The molecule has 0 aromatic heterocycles. The number of hydrogen-bond acceptors (Lipinski definition) is 8. The number of nitrogens with two attached hydrogens (primary N) is 1. The van der Waals surface area contributed by atoms with E-state index in [1.807, 2.05) is 0 Å². The number of unbranched alkanes of at least 4 members (excludes halogenated alkanes) is 24. The summed E-state index contributed by atoms with van der Waals surface area (Å²) in [6, 6.07) is -1.47. The first kappa shape index (κ1) is 52.5. The Hall–Kier alpha value is -1.55. The number of phosphoric ester groups is 1. The minimum Gasteiger partial charge on any atom is -0.480 e. The molecule has 11 heteroatoms. The van der Waals surface area contributed by atoms with E-state index in [9.17, 15) is 19.0 Å². The lowest BCUT2D eigenvalue weighted by molar-refractivity contribution is -0.154. The molecule has 54 heavy (non-hydrogen) atoms. The van der Waals surface area contributed by atoms with Gasteiger partial charge in [-0.05, 0) is 44.9 Å². The van der Waals surface area contributed by atoms with Gasteiger partial charge >= 0.3 is 19.8 Å². The van der Waals surface area contributed by atoms with Gasteiger partial charge < -0.3 is 25.2 Å². The third-order valence-corrected chi connectivity index (χ3v) is 10.4.